The minimum atomic E-state index is -0.795. The molecule has 4 nitrogen and oxygen atoms in total. The number of carboxylic acids is 1. The van der Waals surface area contributed by atoms with Crippen molar-refractivity contribution < 1.29 is 19.7 Å². The van der Waals surface area contributed by atoms with Gasteiger partial charge in [0.25, 0.3) is 0 Å². The Bertz CT molecular complexity index is 828. The van der Waals surface area contributed by atoms with Crippen LogP contribution in [0.2, 0.25) is 0 Å². The number of allylic oxidation sites excluding steroid dienone is 1. The lowest BCUT2D eigenvalue weighted by molar-refractivity contribution is -0.187. The van der Waals surface area contributed by atoms with Crippen molar-refractivity contribution in [3.8, 4) is 0 Å². The maximum absolute atomic E-state index is 11.6. The van der Waals surface area contributed by atoms with E-state index in [2.05, 4.69) is 41.2 Å². The number of hydrogen-bond acceptors (Lipinski definition) is 3. The second-order valence-corrected chi connectivity index (χ2v) is 14.2. The first-order chi connectivity index (χ1) is 15.6. The minimum Gasteiger partial charge on any atom is -0.481 e. The molecule has 4 heteroatoms. The molecule has 194 valence electrons. The number of aliphatic hydroxyl groups is 1. The quantitative estimate of drug-likeness (QED) is 0.407. The number of carboxylic acid groups (broad SMARTS) is 1. The highest BCUT2D eigenvalue weighted by Crippen LogP contribution is 2.74. The Hall–Kier alpha value is -0.870. The molecule has 0 unspecified atom stereocenters. The third kappa shape index (κ3) is 3.81. The van der Waals surface area contributed by atoms with Crippen molar-refractivity contribution in [2.45, 2.75) is 130 Å². The van der Waals surface area contributed by atoms with Crippen LogP contribution in [-0.4, -0.2) is 33.5 Å². The number of fused-ring (bicyclic) bond motifs is 3. The van der Waals surface area contributed by atoms with Crippen LogP contribution in [0.1, 0.15) is 113 Å². The molecule has 34 heavy (non-hydrogen) atoms. The zero-order chi connectivity index (χ0) is 25.3. The van der Waals surface area contributed by atoms with E-state index in [9.17, 15) is 15.0 Å². The van der Waals surface area contributed by atoms with Gasteiger partial charge in [-0.15, -0.1) is 0 Å². The summed E-state index contributed by atoms with van der Waals surface area (Å²) in [6.07, 6.45) is 10.0. The number of hydrogen-bond donors (Lipinski definition) is 2. The van der Waals surface area contributed by atoms with Gasteiger partial charge in [-0.3, -0.25) is 4.79 Å². The Balaban J connectivity index is 1.64. The summed E-state index contributed by atoms with van der Waals surface area (Å²) in [6.45, 7) is 20.1. The average Bonchev–Trinajstić information content (AvgIpc) is 3.29. The first-order valence-corrected chi connectivity index (χ1v) is 13.9. The number of carbonyl (C=O) groups is 1. The van der Waals surface area contributed by atoms with E-state index in [4.69, 9.17) is 4.74 Å². The SMILES string of the molecule is C=C(C)[C@@H]1CC[C@]2(C)[C@H](CC[C@@H]3[C@@H]([C@]4(C)CC[C@@H](C(C)(C)O)O4)CC[C@]32C)[C@@]1(C)CCC(=O)O. The van der Waals surface area contributed by atoms with Gasteiger partial charge in [0, 0.05) is 6.42 Å². The third-order valence-corrected chi connectivity index (χ3v) is 12.0. The lowest BCUT2D eigenvalue weighted by atomic mass is 9.38. The molecule has 4 fully saturated rings. The van der Waals surface area contributed by atoms with Gasteiger partial charge in [-0.1, -0.05) is 32.9 Å². The minimum absolute atomic E-state index is 0.0109. The lowest BCUT2D eigenvalue weighted by Gasteiger charge is -2.66. The average molecular weight is 475 g/mol. The zero-order valence-electron chi connectivity index (χ0n) is 22.9. The van der Waals surface area contributed by atoms with Crippen LogP contribution in [-0.2, 0) is 9.53 Å². The van der Waals surface area contributed by atoms with Crippen LogP contribution in [0.3, 0.4) is 0 Å². The molecule has 0 radical (unpaired) electrons. The van der Waals surface area contributed by atoms with Gasteiger partial charge in [-0.05, 0) is 125 Å². The second kappa shape index (κ2) is 8.33. The van der Waals surface area contributed by atoms with Crippen molar-refractivity contribution in [2.75, 3.05) is 0 Å². The Kier molecular flexibility index (Phi) is 6.42. The molecule has 4 rings (SSSR count). The summed E-state index contributed by atoms with van der Waals surface area (Å²) < 4.78 is 6.69. The van der Waals surface area contributed by atoms with Gasteiger partial charge >= 0.3 is 5.97 Å². The molecular weight excluding hydrogens is 424 g/mol. The molecule has 2 N–H and O–H groups in total. The first kappa shape index (κ1) is 26.2. The fourth-order valence-corrected chi connectivity index (χ4v) is 10.0. The van der Waals surface area contributed by atoms with Crippen LogP contribution in [0.25, 0.3) is 0 Å². The van der Waals surface area contributed by atoms with E-state index < -0.39 is 11.6 Å². The molecule has 1 saturated heterocycles. The summed E-state index contributed by atoms with van der Waals surface area (Å²) in [5, 5.41) is 20.2. The molecule has 3 saturated carbocycles. The summed E-state index contributed by atoms with van der Waals surface area (Å²) in [7, 11) is 0. The summed E-state index contributed by atoms with van der Waals surface area (Å²) in [5.41, 5.74) is 0.714. The van der Waals surface area contributed by atoms with Crippen LogP contribution in [0.15, 0.2) is 12.2 Å². The van der Waals surface area contributed by atoms with E-state index in [0.717, 1.165) is 25.7 Å². The molecule has 4 aliphatic rings. The highest BCUT2D eigenvalue weighted by atomic mass is 16.5. The Morgan fingerprint density at radius 3 is 2.18 bits per heavy atom. The van der Waals surface area contributed by atoms with Crippen LogP contribution in [0.5, 0.6) is 0 Å². The number of rotatable bonds is 6. The second-order valence-electron chi connectivity index (χ2n) is 14.2. The highest BCUT2D eigenvalue weighted by Gasteiger charge is 2.68. The van der Waals surface area contributed by atoms with Crippen LogP contribution in [0.4, 0.5) is 0 Å². The molecule has 0 spiro atoms. The van der Waals surface area contributed by atoms with E-state index in [-0.39, 0.29) is 34.4 Å². The first-order valence-electron chi connectivity index (χ1n) is 13.9. The normalized spacial score (nSPS) is 48.9. The number of aliphatic carboxylic acids is 1. The van der Waals surface area contributed by atoms with E-state index in [1.165, 1.54) is 37.7 Å². The van der Waals surface area contributed by atoms with Gasteiger partial charge < -0.3 is 14.9 Å². The standard InChI is InChI=1S/C30H50O4/c1-19(2)20-11-17-29(7)23(27(20,5)15-14-25(31)32)10-9-21-22(12-16-28(21,29)6)30(8)18-13-24(34-30)26(3,4)33/h20-24,33H,1,9-18H2,2-8H3,(H,31,32)/t20-,21+,22-,23+,24-,27-,28+,29+,30-/m0/s1. The fraction of sp³-hybridized carbons (Fsp3) is 0.900. The van der Waals surface area contributed by atoms with Crippen LogP contribution in [0, 0.1) is 39.9 Å². The van der Waals surface area contributed by atoms with Gasteiger partial charge in [0.2, 0.25) is 0 Å². The maximum Gasteiger partial charge on any atom is 0.303 e. The van der Waals surface area contributed by atoms with E-state index in [0.29, 0.717) is 23.7 Å². The van der Waals surface area contributed by atoms with Gasteiger partial charge in [0.05, 0.1) is 17.3 Å². The molecule has 1 aliphatic heterocycles. The van der Waals surface area contributed by atoms with Gasteiger partial charge in [-0.2, -0.15) is 0 Å². The van der Waals surface area contributed by atoms with Gasteiger partial charge in [0.1, 0.15) is 0 Å². The van der Waals surface area contributed by atoms with E-state index in [1.54, 1.807) is 0 Å². The largest absolute Gasteiger partial charge is 0.481 e. The van der Waals surface area contributed by atoms with Crippen molar-refractivity contribution in [2.24, 2.45) is 39.9 Å². The Morgan fingerprint density at radius 1 is 0.971 bits per heavy atom. The van der Waals surface area contributed by atoms with Crippen molar-refractivity contribution in [1.29, 1.82) is 0 Å². The molecule has 1 heterocycles. The summed E-state index contributed by atoms with van der Waals surface area (Å²) in [6, 6.07) is 0. The Morgan fingerprint density at radius 2 is 1.62 bits per heavy atom. The zero-order valence-corrected chi connectivity index (χ0v) is 22.9. The molecule has 3 aliphatic carbocycles. The molecule has 0 aromatic rings. The molecule has 9 atom stereocenters. The molecule has 0 bridgehead atoms. The van der Waals surface area contributed by atoms with Crippen molar-refractivity contribution in [3.05, 3.63) is 12.2 Å². The summed E-state index contributed by atoms with van der Waals surface area (Å²) in [4.78, 5) is 11.6. The third-order valence-electron chi connectivity index (χ3n) is 12.0. The van der Waals surface area contributed by atoms with Crippen molar-refractivity contribution >= 4 is 5.97 Å². The Labute approximate surface area is 207 Å². The number of ether oxygens (including phenoxy) is 1. The lowest BCUT2D eigenvalue weighted by Crippen LogP contribution is -2.60. The maximum atomic E-state index is 11.6. The van der Waals surface area contributed by atoms with Gasteiger partial charge in [0.15, 0.2) is 0 Å². The van der Waals surface area contributed by atoms with Crippen LogP contribution < -0.4 is 0 Å². The van der Waals surface area contributed by atoms with Crippen molar-refractivity contribution in [1.82, 2.24) is 0 Å². The summed E-state index contributed by atoms with van der Waals surface area (Å²) in [5.74, 6) is 1.42. The van der Waals surface area contributed by atoms with Crippen molar-refractivity contribution in [3.63, 3.8) is 0 Å². The fourth-order valence-electron chi connectivity index (χ4n) is 10.0. The predicted molar refractivity (Wildman–Crippen MR) is 136 cm³/mol. The predicted octanol–water partition coefficient (Wildman–Crippen LogP) is 7.00. The monoisotopic (exact) mass is 474 g/mol. The van der Waals surface area contributed by atoms with Gasteiger partial charge in [-0.25, -0.2) is 0 Å². The molecule has 0 aromatic heterocycles. The highest BCUT2D eigenvalue weighted by molar-refractivity contribution is 5.66. The molecular formula is C30H50O4. The molecule has 0 aromatic carbocycles. The topological polar surface area (TPSA) is 66.8 Å². The summed E-state index contributed by atoms with van der Waals surface area (Å²) >= 11 is 0. The molecule has 0 amide bonds. The van der Waals surface area contributed by atoms with Crippen LogP contribution >= 0.6 is 0 Å². The van der Waals surface area contributed by atoms with E-state index in [1.807, 2.05) is 13.8 Å². The smallest absolute Gasteiger partial charge is 0.303 e. The van der Waals surface area contributed by atoms with E-state index >= 15 is 0 Å².